The Morgan fingerprint density at radius 1 is 1.08 bits per heavy atom. The molecule has 0 aliphatic carbocycles. The third-order valence-electron chi connectivity index (χ3n) is 3.07. The lowest BCUT2D eigenvalue weighted by Gasteiger charge is -2.08. The van der Waals surface area contributed by atoms with Crippen molar-refractivity contribution in [3.63, 3.8) is 0 Å². The number of hydrogen-bond acceptors (Lipinski definition) is 1. The molecule has 1 aliphatic rings. The minimum absolute atomic E-state index is 0.867. The van der Waals surface area contributed by atoms with Gasteiger partial charge < -0.3 is 5.32 Å². The Balaban J connectivity index is 1.78. The van der Waals surface area contributed by atoms with E-state index in [1.165, 1.54) is 64.3 Å². The molecule has 0 aromatic carbocycles. The van der Waals surface area contributed by atoms with Gasteiger partial charge in [0.1, 0.15) is 0 Å². The SMILES string of the molecule is CCCCCCCC[C@@H]1CCCN1. The molecule has 0 spiro atoms. The van der Waals surface area contributed by atoms with Crippen molar-refractivity contribution in [3.05, 3.63) is 0 Å². The second-order valence-electron chi connectivity index (χ2n) is 4.35. The van der Waals surface area contributed by atoms with Crippen LogP contribution in [0.1, 0.15) is 64.7 Å². The van der Waals surface area contributed by atoms with Crippen LogP contribution in [0.3, 0.4) is 0 Å². The van der Waals surface area contributed by atoms with Crippen molar-refractivity contribution in [3.8, 4) is 0 Å². The molecule has 0 unspecified atom stereocenters. The molecule has 1 N–H and O–H groups in total. The van der Waals surface area contributed by atoms with E-state index in [-0.39, 0.29) is 0 Å². The summed E-state index contributed by atoms with van der Waals surface area (Å²) in [6.07, 6.45) is 12.9. The van der Waals surface area contributed by atoms with E-state index < -0.39 is 0 Å². The van der Waals surface area contributed by atoms with Gasteiger partial charge in [0.2, 0.25) is 0 Å². The summed E-state index contributed by atoms with van der Waals surface area (Å²) in [6, 6.07) is 0.867. The summed E-state index contributed by atoms with van der Waals surface area (Å²) < 4.78 is 0. The van der Waals surface area contributed by atoms with Gasteiger partial charge in [-0.1, -0.05) is 45.4 Å². The second kappa shape index (κ2) is 7.37. The fraction of sp³-hybridized carbons (Fsp3) is 1.00. The summed E-state index contributed by atoms with van der Waals surface area (Å²) in [5.74, 6) is 0. The molecule has 1 nitrogen and oxygen atoms in total. The molecule has 0 bridgehead atoms. The molecule has 1 fully saturated rings. The highest BCUT2D eigenvalue weighted by molar-refractivity contribution is 4.73. The predicted molar refractivity (Wildman–Crippen MR) is 59.0 cm³/mol. The number of nitrogens with one attached hydrogen (secondary N) is 1. The zero-order valence-electron chi connectivity index (χ0n) is 9.15. The summed E-state index contributed by atoms with van der Waals surface area (Å²) in [6.45, 7) is 3.54. The standard InChI is InChI=1S/C12H25N/c1-2-3-4-5-6-7-9-12-10-8-11-13-12/h12-13H,2-11H2,1H3/t12-/m1/s1. The Kier molecular flexibility index (Phi) is 6.26. The second-order valence-corrected chi connectivity index (χ2v) is 4.35. The van der Waals surface area contributed by atoms with E-state index >= 15 is 0 Å². The van der Waals surface area contributed by atoms with Crippen LogP contribution < -0.4 is 5.32 Å². The highest BCUT2D eigenvalue weighted by Gasteiger charge is 2.12. The average Bonchev–Trinajstić information content (AvgIpc) is 2.63. The van der Waals surface area contributed by atoms with Crippen LogP contribution in [-0.4, -0.2) is 12.6 Å². The van der Waals surface area contributed by atoms with Gasteiger partial charge in [0, 0.05) is 6.04 Å². The Hall–Kier alpha value is -0.0400. The monoisotopic (exact) mass is 183 g/mol. The normalized spacial score (nSPS) is 22.4. The van der Waals surface area contributed by atoms with E-state index in [2.05, 4.69) is 12.2 Å². The van der Waals surface area contributed by atoms with E-state index in [4.69, 9.17) is 0 Å². The van der Waals surface area contributed by atoms with Crippen LogP contribution in [0.4, 0.5) is 0 Å². The molecule has 0 saturated carbocycles. The van der Waals surface area contributed by atoms with Crippen LogP contribution in [0.25, 0.3) is 0 Å². The lowest BCUT2D eigenvalue weighted by molar-refractivity contribution is 0.504. The number of hydrogen-bond donors (Lipinski definition) is 1. The van der Waals surface area contributed by atoms with Gasteiger partial charge in [-0.25, -0.2) is 0 Å². The molecule has 1 rings (SSSR count). The van der Waals surface area contributed by atoms with Gasteiger partial charge in [-0.2, -0.15) is 0 Å². The van der Waals surface area contributed by atoms with Crippen molar-refractivity contribution < 1.29 is 0 Å². The largest absolute Gasteiger partial charge is 0.314 e. The van der Waals surface area contributed by atoms with Crippen molar-refractivity contribution in [1.29, 1.82) is 0 Å². The molecule has 13 heavy (non-hydrogen) atoms. The summed E-state index contributed by atoms with van der Waals surface area (Å²) in [5, 5.41) is 3.56. The highest BCUT2D eigenvalue weighted by Crippen LogP contribution is 2.14. The van der Waals surface area contributed by atoms with Gasteiger partial charge in [-0.15, -0.1) is 0 Å². The minimum atomic E-state index is 0.867. The summed E-state index contributed by atoms with van der Waals surface area (Å²) in [5.41, 5.74) is 0. The lowest BCUT2D eigenvalue weighted by atomic mass is 10.0. The zero-order valence-corrected chi connectivity index (χ0v) is 9.15. The van der Waals surface area contributed by atoms with E-state index in [1.807, 2.05) is 0 Å². The molecule has 1 atom stereocenters. The summed E-state index contributed by atoms with van der Waals surface area (Å²) in [7, 11) is 0. The van der Waals surface area contributed by atoms with Gasteiger partial charge in [0.25, 0.3) is 0 Å². The first-order chi connectivity index (χ1) is 6.43. The van der Waals surface area contributed by atoms with Crippen LogP contribution in [0.5, 0.6) is 0 Å². The molecule has 1 heterocycles. The first-order valence-electron chi connectivity index (χ1n) is 6.17. The van der Waals surface area contributed by atoms with Gasteiger partial charge in [-0.05, 0) is 25.8 Å². The first-order valence-corrected chi connectivity index (χ1v) is 6.17. The minimum Gasteiger partial charge on any atom is -0.314 e. The van der Waals surface area contributed by atoms with Crippen LogP contribution >= 0.6 is 0 Å². The molecule has 1 heteroatoms. The molecule has 0 radical (unpaired) electrons. The lowest BCUT2D eigenvalue weighted by Crippen LogP contribution is -2.20. The highest BCUT2D eigenvalue weighted by atomic mass is 14.9. The van der Waals surface area contributed by atoms with Crippen molar-refractivity contribution in [2.24, 2.45) is 0 Å². The van der Waals surface area contributed by atoms with Crippen LogP contribution in [0.2, 0.25) is 0 Å². The first kappa shape index (κ1) is 11.0. The smallest absolute Gasteiger partial charge is 0.00675 e. The maximum atomic E-state index is 3.56. The van der Waals surface area contributed by atoms with E-state index in [9.17, 15) is 0 Å². The third-order valence-corrected chi connectivity index (χ3v) is 3.07. The van der Waals surface area contributed by atoms with Gasteiger partial charge in [0.15, 0.2) is 0 Å². The number of rotatable bonds is 7. The molecule has 78 valence electrons. The van der Waals surface area contributed by atoms with Crippen molar-refractivity contribution in [2.75, 3.05) is 6.54 Å². The maximum Gasteiger partial charge on any atom is 0.00675 e. The van der Waals surface area contributed by atoms with Crippen molar-refractivity contribution in [2.45, 2.75) is 70.8 Å². The van der Waals surface area contributed by atoms with Crippen LogP contribution in [0.15, 0.2) is 0 Å². The van der Waals surface area contributed by atoms with Gasteiger partial charge in [0.05, 0.1) is 0 Å². The Morgan fingerprint density at radius 2 is 1.85 bits per heavy atom. The fourth-order valence-corrected chi connectivity index (χ4v) is 2.17. The van der Waals surface area contributed by atoms with Gasteiger partial charge >= 0.3 is 0 Å². The van der Waals surface area contributed by atoms with Gasteiger partial charge in [-0.3, -0.25) is 0 Å². The molecule has 0 aromatic rings. The summed E-state index contributed by atoms with van der Waals surface area (Å²) in [4.78, 5) is 0. The van der Waals surface area contributed by atoms with Crippen molar-refractivity contribution in [1.82, 2.24) is 5.32 Å². The summed E-state index contributed by atoms with van der Waals surface area (Å²) >= 11 is 0. The average molecular weight is 183 g/mol. The van der Waals surface area contributed by atoms with Crippen molar-refractivity contribution >= 4 is 0 Å². The van der Waals surface area contributed by atoms with E-state index in [0.29, 0.717) is 0 Å². The molecule has 1 saturated heterocycles. The molecule has 0 aromatic heterocycles. The molecule has 1 aliphatic heterocycles. The van der Waals surface area contributed by atoms with Crippen LogP contribution in [-0.2, 0) is 0 Å². The molecular weight excluding hydrogens is 158 g/mol. The van der Waals surface area contributed by atoms with E-state index in [0.717, 1.165) is 6.04 Å². The van der Waals surface area contributed by atoms with Crippen LogP contribution in [0, 0.1) is 0 Å². The Labute approximate surface area is 83.3 Å². The molecular formula is C12H25N. The third kappa shape index (κ3) is 5.30. The Bertz CT molecular complexity index is 106. The van der Waals surface area contributed by atoms with E-state index in [1.54, 1.807) is 0 Å². The topological polar surface area (TPSA) is 12.0 Å². The molecule has 0 amide bonds. The zero-order chi connectivity index (χ0) is 9.36. The Morgan fingerprint density at radius 3 is 2.54 bits per heavy atom. The maximum absolute atomic E-state index is 3.56. The number of unbranched alkanes of at least 4 members (excludes halogenated alkanes) is 5. The fourth-order valence-electron chi connectivity index (χ4n) is 2.17. The predicted octanol–water partition coefficient (Wildman–Crippen LogP) is 3.49. The quantitative estimate of drug-likeness (QED) is 0.596.